The SMILES string of the molecule is CCc1ccc(-c2noc(CN3CCC(C)(CN)C3)n2)cc1.Cl. The predicted octanol–water partition coefficient (Wildman–Crippen LogP) is 2.89. The second kappa shape index (κ2) is 7.43. The second-order valence-electron chi connectivity index (χ2n) is 6.54. The van der Waals surface area contributed by atoms with E-state index < -0.39 is 0 Å². The first kappa shape index (κ1) is 17.9. The summed E-state index contributed by atoms with van der Waals surface area (Å²) in [5.41, 5.74) is 8.38. The van der Waals surface area contributed by atoms with Gasteiger partial charge in [0.2, 0.25) is 11.7 Å². The Kier molecular flexibility index (Phi) is 5.79. The van der Waals surface area contributed by atoms with E-state index in [-0.39, 0.29) is 17.8 Å². The third-order valence-electron chi connectivity index (χ3n) is 4.58. The Morgan fingerprint density at radius 3 is 2.65 bits per heavy atom. The molecule has 1 atom stereocenters. The molecule has 126 valence electrons. The molecule has 1 saturated heterocycles. The summed E-state index contributed by atoms with van der Waals surface area (Å²) >= 11 is 0. The van der Waals surface area contributed by atoms with Crippen molar-refractivity contribution in [3.63, 3.8) is 0 Å². The van der Waals surface area contributed by atoms with Crippen LogP contribution in [0.15, 0.2) is 28.8 Å². The van der Waals surface area contributed by atoms with Gasteiger partial charge in [0.05, 0.1) is 6.54 Å². The van der Waals surface area contributed by atoms with Gasteiger partial charge in [-0.05, 0) is 36.9 Å². The van der Waals surface area contributed by atoms with Crippen LogP contribution in [0.4, 0.5) is 0 Å². The van der Waals surface area contributed by atoms with Crippen LogP contribution in [0.25, 0.3) is 11.4 Å². The predicted molar refractivity (Wildman–Crippen MR) is 93.4 cm³/mol. The molecule has 0 bridgehead atoms. The maximum atomic E-state index is 5.85. The van der Waals surface area contributed by atoms with Gasteiger partial charge in [0.25, 0.3) is 0 Å². The highest BCUT2D eigenvalue weighted by molar-refractivity contribution is 5.85. The van der Waals surface area contributed by atoms with E-state index in [1.54, 1.807) is 0 Å². The molecular weight excluding hydrogens is 312 g/mol. The van der Waals surface area contributed by atoms with Crippen molar-refractivity contribution in [2.24, 2.45) is 11.1 Å². The van der Waals surface area contributed by atoms with Gasteiger partial charge in [-0.1, -0.05) is 43.3 Å². The lowest BCUT2D eigenvalue weighted by molar-refractivity contribution is 0.239. The van der Waals surface area contributed by atoms with Crippen LogP contribution in [0.1, 0.15) is 31.7 Å². The Bertz CT molecular complexity index is 628. The van der Waals surface area contributed by atoms with Crippen molar-refractivity contribution in [1.29, 1.82) is 0 Å². The van der Waals surface area contributed by atoms with Crippen molar-refractivity contribution in [3.05, 3.63) is 35.7 Å². The number of aromatic nitrogens is 2. The minimum Gasteiger partial charge on any atom is -0.338 e. The standard InChI is InChI=1S/C17H24N4O.ClH/c1-3-13-4-6-14(7-5-13)16-19-15(22-20-16)10-21-9-8-17(2,11-18)12-21;/h4-7H,3,8-12,18H2,1-2H3;1H. The summed E-state index contributed by atoms with van der Waals surface area (Å²) in [5, 5.41) is 4.10. The van der Waals surface area contributed by atoms with Gasteiger partial charge in [-0.3, -0.25) is 4.90 Å². The van der Waals surface area contributed by atoms with E-state index in [1.165, 1.54) is 5.56 Å². The van der Waals surface area contributed by atoms with Gasteiger partial charge in [-0.2, -0.15) is 4.98 Å². The number of nitrogens with zero attached hydrogens (tertiary/aromatic N) is 3. The molecule has 1 aromatic heterocycles. The molecule has 5 nitrogen and oxygen atoms in total. The quantitative estimate of drug-likeness (QED) is 0.909. The normalized spacial score (nSPS) is 21.3. The zero-order valence-corrected chi connectivity index (χ0v) is 14.6. The molecule has 0 radical (unpaired) electrons. The molecule has 1 unspecified atom stereocenters. The lowest BCUT2D eigenvalue weighted by Crippen LogP contribution is -2.31. The third kappa shape index (κ3) is 4.10. The molecule has 2 aromatic rings. The lowest BCUT2D eigenvalue weighted by atomic mass is 9.90. The Morgan fingerprint density at radius 1 is 1.30 bits per heavy atom. The molecule has 2 heterocycles. The van der Waals surface area contributed by atoms with Crippen LogP contribution < -0.4 is 5.73 Å². The fourth-order valence-corrected chi connectivity index (χ4v) is 2.94. The molecule has 0 amide bonds. The summed E-state index contributed by atoms with van der Waals surface area (Å²) in [4.78, 5) is 6.86. The van der Waals surface area contributed by atoms with E-state index in [0.29, 0.717) is 18.3 Å². The Morgan fingerprint density at radius 2 is 2.04 bits per heavy atom. The van der Waals surface area contributed by atoms with E-state index in [0.717, 1.165) is 38.0 Å². The van der Waals surface area contributed by atoms with E-state index in [4.69, 9.17) is 10.3 Å². The highest BCUT2D eigenvalue weighted by Crippen LogP contribution is 2.29. The average molecular weight is 337 g/mol. The molecule has 3 rings (SSSR count). The minimum absolute atomic E-state index is 0. The van der Waals surface area contributed by atoms with Crippen LogP contribution >= 0.6 is 12.4 Å². The van der Waals surface area contributed by atoms with Gasteiger partial charge in [-0.15, -0.1) is 12.4 Å². The zero-order chi connectivity index (χ0) is 15.6. The first-order valence-electron chi connectivity index (χ1n) is 7.96. The molecular formula is C17H25ClN4O. The fourth-order valence-electron chi connectivity index (χ4n) is 2.94. The topological polar surface area (TPSA) is 68.2 Å². The van der Waals surface area contributed by atoms with E-state index in [2.05, 4.69) is 53.2 Å². The van der Waals surface area contributed by atoms with Gasteiger partial charge in [0.1, 0.15) is 0 Å². The molecule has 1 aliphatic heterocycles. The van der Waals surface area contributed by atoms with E-state index in [9.17, 15) is 0 Å². The largest absolute Gasteiger partial charge is 0.338 e. The van der Waals surface area contributed by atoms with Crippen LogP contribution in [-0.2, 0) is 13.0 Å². The van der Waals surface area contributed by atoms with Crippen LogP contribution in [-0.4, -0.2) is 34.7 Å². The first-order chi connectivity index (χ1) is 10.6. The molecule has 1 aliphatic rings. The highest BCUT2D eigenvalue weighted by atomic mass is 35.5. The number of aryl methyl sites for hydroxylation is 1. The van der Waals surface area contributed by atoms with Crippen molar-refractivity contribution in [3.8, 4) is 11.4 Å². The number of hydrogen-bond donors (Lipinski definition) is 1. The van der Waals surface area contributed by atoms with Crippen molar-refractivity contribution < 1.29 is 4.52 Å². The van der Waals surface area contributed by atoms with Crippen LogP contribution in [0.2, 0.25) is 0 Å². The number of nitrogens with two attached hydrogens (primary N) is 1. The second-order valence-corrected chi connectivity index (χ2v) is 6.54. The molecule has 0 aliphatic carbocycles. The molecule has 6 heteroatoms. The first-order valence-corrected chi connectivity index (χ1v) is 7.96. The maximum absolute atomic E-state index is 5.85. The molecule has 1 fully saturated rings. The molecule has 0 spiro atoms. The summed E-state index contributed by atoms with van der Waals surface area (Å²) in [7, 11) is 0. The fraction of sp³-hybridized carbons (Fsp3) is 0.529. The number of benzene rings is 1. The van der Waals surface area contributed by atoms with Gasteiger partial charge in [0.15, 0.2) is 0 Å². The van der Waals surface area contributed by atoms with Crippen LogP contribution in [0.5, 0.6) is 0 Å². The summed E-state index contributed by atoms with van der Waals surface area (Å²) in [6.07, 6.45) is 2.16. The van der Waals surface area contributed by atoms with Crippen LogP contribution in [0, 0.1) is 5.41 Å². The van der Waals surface area contributed by atoms with Gasteiger partial charge >= 0.3 is 0 Å². The summed E-state index contributed by atoms with van der Waals surface area (Å²) in [5.74, 6) is 1.34. The molecule has 2 N–H and O–H groups in total. The molecule has 1 aromatic carbocycles. The molecule has 23 heavy (non-hydrogen) atoms. The Labute approximate surface area is 143 Å². The number of halogens is 1. The van der Waals surface area contributed by atoms with Crippen molar-refractivity contribution in [1.82, 2.24) is 15.0 Å². The Hall–Kier alpha value is -1.43. The summed E-state index contributed by atoms with van der Waals surface area (Å²) in [6.45, 7) is 7.84. The third-order valence-corrected chi connectivity index (χ3v) is 4.58. The van der Waals surface area contributed by atoms with E-state index in [1.807, 2.05) is 0 Å². The lowest BCUT2D eigenvalue weighted by Gasteiger charge is -2.21. The highest BCUT2D eigenvalue weighted by Gasteiger charge is 2.33. The summed E-state index contributed by atoms with van der Waals surface area (Å²) < 4.78 is 5.41. The Balaban J connectivity index is 0.00000192. The zero-order valence-electron chi connectivity index (χ0n) is 13.8. The van der Waals surface area contributed by atoms with Crippen molar-refractivity contribution >= 4 is 12.4 Å². The van der Waals surface area contributed by atoms with Crippen LogP contribution in [0.3, 0.4) is 0 Å². The monoisotopic (exact) mass is 336 g/mol. The van der Waals surface area contributed by atoms with E-state index >= 15 is 0 Å². The van der Waals surface area contributed by atoms with Gasteiger partial charge in [0, 0.05) is 12.1 Å². The van der Waals surface area contributed by atoms with Crippen molar-refractivity contribution in [2.45, 2.75) is 33.2 Å². The molecule has 0 saturated carbocycles. The number of rotatable bonds is 5. The van der Waals surface area contributed by atoms with Gasteiger partial charge in [-0.25, -0.2) is 0 Å². The van der Waals surface area contributed by atoms with Crippen molar-refractivity contribution in [2.75, 3.05) is 19.6 Å². The smallest absolute Gasteiger partial charge is 0.241 e. The number of likely N-dealkylation sites (tertiary alicyclic amines) is 1. The minimum atomic E-state index is 0. The maximum Gasteiger partial charge on any atom is 0.241 e. The number of hydrogen-bond acceptors (Lipinski definition) is 5. The average Bonchev–Trinajstić information content (AvgIpc) is 3.16. The summed E-state index contributed by atoms with van der Waals surface area (Å²) in [6, 6.07) is 8.32. The van der Waals surface area contributed by atoms with Gasteiger partial charge < -0.3 is 10.3 Å².